The number of nitrogens with zero attached hydrogens (tertiary/aromatic N) is 1. The lowest BCUT2D eigenvalue weighted by Crippen LogP contribution is -2.47. The smallest absolute Gasteiger partial charge is 0.239 e. The first-order valence-electron chi connectivity index (χ1n) is 6.58. The fourth-order valence-electron chi connectivity index (χ4n) is 2.52. The average Bonchev–Trinajstić information content (AvgIpc) is 2.41. The molecule has 2 N–H and O–H groups in total. The van der Waals surface area contributed by atoms with E-state index in [9.17, 15) is 4.79 Å². The summed E-state index contributed by atoms with van der Waals surface area (Å²) in [6.07, 6.45) is 5.89. The van der Waals surface area contributed by atoms with Gasteiger partial charge in [0.15, 0.2) is 0 Å². The summed E-state index contributed by atoms with van der Waals surface area (Å²) < 4.78 is 0. The largest absolute Gasteiger partial charge is 0.338 e. The van der Waals surface area contributed by atoms with Crippen molar-refractivity contribution in [3.8, 4) is 0 Å². The van der Waals surface area contributed by atoms with Crippen molar-refractivity contribution < 1.29 is 4.79 Å². The molecule has 4 heteroatoms. The zero-order valence-corrected chi connectivity index (χ0v) is 12.1. The van der Waals surface area contributed by atoms with Crippen LogP contribution in [0.3, 0.4) is 0 Å². The maximum atomic E-state index is 12.0. The van der Waals surface area contributed by atoms with Crippen LogP contribution in [-0.4, -0.2) is 29.4 Å². The second-order valence-corrected chi connectivity index (χ2v) is 5.45. The minimum atomic E-state index is -0.354. The number of hydrogen-bond acceptors (Lipinski definition) is 2. The Balaban J connectivity index is 0.00000256. The topological polar surface area (TPSA) is 46.3 Å². The predicted octanol–water partition coefficient (Wildman–Crippen LogP) is 2.57. The van der Waals surface area contributed by atoms with Gasteiger partial charge in [-0.1, -0.05) is 26.7 Å². The Morgan fingerprint density at radius 1 is 1.29 bits per heavy atom. The van der Waals surface area contributed by atoms with Crippen LogP contribution in [0.4, 0.5) is 0 Å². The van der Waals surface area contributed by atoms with Gasteiger partial charge in [-0.25, -0.2) is 0 Å². The van der Waals surface area contributed by atoms with Gasteiger partial charge in [0.05, 0.1) is 6.04 Å². The molecule has 0 spiro atoms. The molecular formula is C13H27ClN2O. The Kier molecular flexibility index (Phi) is 7.80. The maximum absolute atomic E-state index is 12.0. The van der Waals surface area contributed by atoms with E-state index in [0.717, 1.165) is 25.8 Å². The van der Waals surface area contributed by atoms with Crippen molar-refractivity contribution in [1.82, 2.24) is 4.90 Å². The molecule has 2 atom stereocenters. The van der Waals surface area contributed by atoms with Crippen molar-refractivity contribution in [1.29, 1.82) is 0 Å². The van der Waals surface area contributed by atoms with Gasteiger partial charge in [0.1, 0.15) is 0 Å². The van der Waals surface area contributed by atoms with Crippen LogP contribution in [0.25, 0.3) is 0 Å². The molecule has 1 aliphatic heterocycles. The molecule has 102 valence electrons. The lowest BCUT2D eigenvalue weighted by molar-refractivity contribution is -0.134. The average molecular weight is 263 g/mol. The van der Waals surface area contributed by atoms with Crippen LogP contribution < -0.4 is 5.73 Å². The normalized spacial score (nSPS) is 22.9. The highest BCUT2D eigenvalue weighted by molar-refractivity contribution is 5.85. The summed E-state index contributed by atoms with van der Waals surface area (Å²) in [7, 11) is 0. The summed E-state index contributed by atoms with van der Waals surface area (Å²) in [5.41, 5.74) is 5.72. The van der Waals surface area contributed by atoms with E-state index in [-0.39, 0.29) is 24.4 Å². The Bertz CT molecular complexity index is 231. The fourth-order valence-corrected chi connectivity index (χ4v) is 2.52. The molecular weight excluding hydrogens is 236 g/mol. The highest BCUT2D eigenvalue weighted by Gasteiger charge is 2.27. The first-order valence-corrected chi connectivity index (χ1v) is 6.58. The van der Waals surface area contributed by atoms with Gasteiger partial charge in [0.25, 0.3) is 0 Å². The fraction of sp³-hybridized carbons (Fsp3) is 0.923. The molecule has 0 aliphatic carbocycles. The minimum absolute atomic E-state index is 0. The Labute approximate surface area is 112 Å². The van der Waals surface area contributed by atoms with Crippen LogP contribution in [0.2, 0.25) is 0 Å². The zero-order valence-electron chi connectivity index (χ0n) is 11.3. The first kappa shape index (κ1) is 16.7. The molecule has 1 heterocycles. The SMILES string of the molecule is CC(C)CC1CCCCCN1C(=O)[C@@H](C)N.Cl. The molecule has 1 rings (SSSR count). The summed E-state index contributed by atoms with van der Waals surface area (Å²) in [4.78, 5) is 14.1. The van der Waals surface area contributed by atoms with Gasteiger partial charge in [-0.3, -0.25) is 4.79 Å². The van der Waals surface area contributed by atoms with E-state index in [2.05, 4.69) is 13.8 Å². The molecule has 0 bridgehead atoms. The van der Waals surface area contributed by atoms with Crippen LogP contribution in [-0.2, 0) is 4.79 Å². The lowest BCUT2D eigenvalue weighted by atomic mass is 9.98. The summed E-state index contributed by atoms with van der Waals surface area (Å²) in [5, 5.41) is 0. The number of carbonyl (C=O) groups is 1. The molecule has 0 radical (unpaired) electrons. The van der Waals surface area contributed by atoms with Gasteiger partial charge in [0.2, 0.25) is 5.91 Å². The molecule has 0 aromatic heterocycles. The third kappa shape index (κ3) is 5.26. The number of halogens is 1. The Morgan fingerprint density at radius 3 is 2.47 bits per heavy atom. The molecule has 1 fully saturated rings. The second kappa shape index (κ2) is 7.93. The molecule has 1 saturated heterocycles. The van der Waals surface area contributed by atoms with E-state index in [1.165, 1.54) is 12.8 Å². The molecule has 1 unspecified atom stereocenters. The van der Waals surface area contributed by atoms with Gasteiger partial charge in [-0.15, -0.1) is 12.4 Å². The molecule has 1 aliphatic rings. The monoisotopic (exact) mass is 262 g/mol. The van der Waals surface area contributed by atoms with Crippen molar-refractivity contribution >= 4 is 18.3 Å². The first-order chi connectivity index (χ1) is 7.52. The summed E-state index contributed by atoms with van der Waals surface area (Å²) in [6, 6.07) is 0.0637. The highest BCUT2D eigenvalue weighted by atomic mass is 35.5. The Hall–Kier alpha value is -0.280. The van der Waals surface area contributed by atoms with Gasteiger partial charge in [0, 0.05) is 12.6 Å². The van der Waals surface area contributed by atoms with Crippen molar-refractivity contribution in [2.45, 2.75) is 65.0 Å². The maximum Gasteiger partial charge on any atom is 0.239 e. The summed E-state index contributed by atoms with van der Waals surface area (Å²) in [5.74, 6) is 0.777. The molecule has 0 saturated carbocycles. The number of amides is 1. The van der Waals surface area contributed by atoms with Crippen molar-refractivity contribution in [2.75, 3.05) is 6.54 Å². The van der Waals surface area contributed by atoms with Crippen LogP contribution in [0.1, 0.15) is 52.9 Å². The highest BCUT2D eigenvalue weighted by Crippen LogP contribution is 2.22. The standard InChI is InChI=1S/C13H26N2O.ClH/c1-10(2)9-12-7-5-4-6-8-15(12)13(16)11(3)14;/h10-12H,4-9,14H2,1-3H3;1H/t11-,12?;/m1./s1. The molecule has 3 nitrogen and oxygen atoms in total. The van der Waals surface area contributed by atoms with Gasteiger partial charge in [-0.05, 0) is 32.1 Å². The van der Waals surface area contributed by atoms with E-state index in [0.29, 0.717) is 12.0 Å². The zero-order chi connectivity index (χ0) is 12.1. The van der Waals surface area contributed by atoms with Crippen molar-refractivity contribution in [3.05, 3.63) is 0 Å². The van der Waals surface area contributed by atoms with Crippen LogP contribution >= 0.6 is 12.4 Å². The van der Waals surface area contributed by atoms with Crippen LogP contribution in [0, 0.1) is 5.92 Å². The van der Waals surface area contributed by atoms with Crippen molar-refractivity contribution in [3.63, 3.8) is 0 Å². The summed E-state index contributed by atoms with van der Waals surface area (Å²) >= 11 is 0. The van der Waals surface area contributed by atoms with E-state index in [1.54, 1.807) is 6.92 Å². The van der Waals surface area contributed by atoms with Crippen LogP contribution in [0.15, 0.2) is 0 Å². The molecule has 0 aromatic rings. The number of likely N-dealkylation sites (tertiary alicyclic amines) is 1. The van der Waals surface area contributed by atoms with Gasteiger partial charge >= 0.3 is 0 Å². The van der Waals surface area contributed by atoms with E-state index < -0.39 is 0 Å². The third-order valence-electron chi connectivity index (χ3n) is 3.29. The molecule has 17 heavy (non-hydrogen) atoms. The third-order valence-corrected chi connectivity index (χ3v) is 3.29. The number of carbonyl (C=O) groups excluding carboxylic acids is 1. The van der Waals surface area contributed by atoms with E-state index >= 15 is 0 Å². The second-order valence-electron chi connectivity index (χ2n) is 5.45. The number of hydrogen-bond donors (Lipinski definition) is 1. The number of nitrogens with two attached hydrogens (primary N) is 1. The Morgan fingerprint density at radius 2 is 1.94 bits per heavy atom. The lowest BCUT2D eigenvalue weighted by Gasteiger charge is -2.32. The molecule has 1 amide bonds. The predicted molar refractivity (Wildman–Crippen MR) is 74.3 cm³/mol. The number of rotatable bonds is 3. The van der Waals surface area contributed by atoms with Gasteiger partial charge < -0.3 is 10.6 Å². The van der Waals surface area contributed by atoms with Gasteiger partial charge in [-0.2, -0.15) is 0 Å². The van der Waals surface area contributed by atoms with Crippen molar-refractivity contribution in [2.24, 2.45) is 11.7 Å². The van der Waals surface area contributed by atoms with E-state index in [1.807, 2.05) is 4.90 Å². The minimum Gasteiger partial charge on any atom is -0.338 e. The summed E-state index contributed by atoms with van der Waals surface area (Å²) in [6.45, 7) is 7.14. The quantitative estimate of drug-likeness (QED) is 0.850. The molecule has 0 aromatic carbocycles. The van der Waals surface area contributed by atoms with E-state index in [4.69, 9.17) is 5.73 Å². The van der Waals surface area contributed by atoms with Crippen LogP contribution in [0.5, 0.6) is 0 Å².